The van der Waals surface area contributed by atoms with Crippen LogP contribution in [0.3, 0.4) is 0 Å². The number of ketones is 1. The second-order valence-electron chi connectivity index (χ2n) is 8.90. The van der Waals surface area contributed by atoms with E-state index in [1.54, 1.807) is 11.8 Å². The topological polar surface area (TPSA) is 91.5 Å². The van der Waals surface area contributed by atoms with Crippen molar-refractivity contribution < 1.29 is 23.5 Å². The lowest BCUT2D eigenvalue weighted by atomic mass is 10.0. The molecule has 0 bridgehead atoms. The van der Waals surface area contributed by atoms with Crippen LogP contribution >= 0.6 is 11.6 Å². The number of aromatic nitrogens is 1. The lowest BCUT2D eigenvalue weighted by molar-refractivity contribution is 0.0199. The molecule has 1 aromatic carbocycles. The molecule has 1 fully saturated rings. The highest BCUT2D eigenvalue weighted by atomic mass is 35.5. The number of nitrogens with zero attached hydrogens (tertiary/aromatic N) is 1. The summed E-state index contributed by atoms with van der Waals surface area (Å²) in [6.45, 7) is 7.93. The lowest BCUT2D eigenvalue weighted by Crippen LogP contribution is -2.47. The number of H-pyrrole nitrogens is 1. The fourth-order valence-corrected chi connectivity index (χ4v) is 3.69. The number of halogens is 2. The van der Waals surface area contributed by atoms with Gasteiger partial charge >= 0.3 is 6.09 Å². The monoisotopic (exact) mass is 463 g/mol. The third kappa shape index (κ3) is 5.48. The first kappa shape index (κ1) is 23.8. The second-order valence-corrected chi connectivity index (χ2v) is 9.31. The zero-order valence-electron chi connectivity index (χ0n) is 18.6. The van der Waals surface area contributed by atoms with E-state index >= 15 is 0 Å². The summed E-state index contributed by atoms with van der Waals surface area (Å²) in [6, 6.07) is 4.23. The van der Waals surface area contributed by atoms with Crippen molar-refractivity contribution in [3.8, 4) is 0 Å². The molecular weight excluding hydrogens is 437 g/mol. The zero-order valence-corrected chi connectivity index (χ0v) is 19.3. The van der Waals surface area contributed by atoms with Crippen LogP contribution in [0.1, 0.15) is 65.6 Å². The Morgan fingerprint density at radius 1 is 1.22 bits per heavy atom. The number of carbonyl (C=O) groups is 3. The molecular formula is C23H27ClFN3O4. The first-order valence-electron chi connectivity index (χ1n) is 10.4. The van der Waals surface area contributed by atoms with Gasteiger partial charge < -0.3 is 19.9 Å². The summed E-state index contributed by atoms with van der Waals surface area (Å²) >= 11 is 6.03. The molecule has 1 aliphatic rings. The van der Waals surface area contributed by atoms with E-state index in [1.165, 1.54) is 24.4 Å². The van der Waals surface area contributed by atoms with E-state index in [-0.39, 0.29) is 39.9 Å². The summed E-state index contributed by atoms with van der Waals surface area (Å²) in [6.07, 6.45) is 2.17. The molecule has 7 nitrogen and oxygen atoms in total. The fraction of sp³-hybridized carbons (Fsp3) is 0.435. The molecule has 0 radical (unpaired) electrons. The molecule has 2 N–H and O–H groups in total. The number of rotatable bonds is 4. The molecule has 1 aliphatic heterocycles. The molecule has 2 aromatic rings. The molecule has 1 aromatic heterocycles. The van der Waals surface area contributed by atoms with Crippen LogP contribution in [0.4, 0.5) is 9.18 Å². The smallest absolute Gasteiger partial charge is 0.410 e. The van der Waals surface area contributed by atoms with Crippen LogP contribution < -0.4 is 5.32 Å². The van der Waals surface area contributed by atoms with Gasteiger partial charge in [0.25, 0.3) is 5.91 Å². The number of hydrogen-bond donors (Lipinski definition) is 2. The molecule has 0 aliphatic carbocycles. The van der Waals surface area contributed by atoms with Gasteiger partial charge in [-0.15, -0.1) is 0 Å². The highest BCUT2D eigenvalue weighted by Gasteiger charge is 2.28. The quantitative estimate of drug-likeness (QED) is 0.654. The Morgan fingerprint density at radius 2 is 1.88 bits per heavy atom. The number of benzene rings is 1. The van der Waals surface area contributed by atoms with Crippen molar-refractivity contribution in [1.29, 1.82) is 0 Å². The van der Waals surface area contributed by atoms with Crippen LogP contribution in [0.15, 0.2) is 24.4 Å². The Kier molecular flexibility index (Phi) is 6.93. The minimum absolute atomic E-state index is 0.0158. The SMILES string of the molecule is Cc1ccc(Cl)c(C(=O)c2c[nH]c(C(=O)NC3CCN(C(=O)OC(C)(C)C)CC3)c2)c1F. The highest BCUT2D eigenvalue weighted by molar-refractivity contribution is 6.35. The van der Waals surface area contributed by atoms with Gasteiger partial charge in [-0.05, 0) is 58.2 Å². The third-order valence-corrected chi connectivity index (χ3v) is 5.50. The van der Waals surface area contributed by atoms with Gasteiger partial charge in [-0.25, -0.2) is 9.18 Å². The van der Waals surface area contributed by atoms with E-state index in [0.29, 0.717) is 31.5 Å². The van der Waals surface area contributed by atoms with E-state index in [4.69, 9.17) is 16.3 Å². The first-order chi connectivity index (χ1) is 15.0. The number of likely N-dealkylation sites (tertiary alicyclic amines) is 1. The number of hydrogen-bond acceptors (Lipinski definition) is 4. The number of piperidine rings is 1. The number of nitrogens with one attached hydrogen (secondary N) is 2. The van der Waals surface area contributed by atoms with E-state index < -0.39 is 17.2 Å². The van der Waals surface area contributed by atoms with Crippen molar-refractivity contribution in [3.63, 3.8) is 0 Å². The van der Waals surface area contributed by atoms with Crippen molar-refractivity contribution in [2.24, 2.45) is 0 Å². The maximum absolute atomic E-state index is 14.4. The fourth-order valence-electron chi connectivity index (χ4n) is 3.46. The molecule has 1 saturated heterocycles. The number of amides is 2. The molecule has 0 spiro atoms. The van der Waals surface area contributed by atoms with E-state index in [0.717, 1.165) is 0 Å². The molecule has 172 valence electrons. The largest absolute Gasteiger partial charge is 0.444 e. The molecule has 9 heteroatoms. The van der Waals surface area contributed by atoms with Gasteiger partial charge in [0, 0.05) is 30.9 Å². The number of aryl methyl sites for hydroxylation is 1. The van der Waals surface area contributed by atoms with Gasteiger partial charge in [-0.3, -0.25) is 9.59 Å². The number of carbonyl (C=O) groups excluding carboxylic acids is 3. The number of ether oxygens (including phenoxy) is 1. The van der Waals surface area contributed by atoms with Crippen LogP contribution in [0.25, 0.3) is 0 Å². The summed E-state index contributed by atoms with van der Waals surface area (Å²) in [5.41, 5.74) is -0.138. The van der Waals surface area contributed by atoms with Crippen LogP contribution in [-0.2, 0) is 4.74 Å². The lowest BCUT2D eigenvalue weighted by Gasteiger charge is -2.33. The van der Waals surface area contributed by atoms with Gasteiger partial charge in [0.1, 0.15) is 17.1 Å². The first-order valence-corrected chi connectivity index (χ1v) is 10.8. The van der Waals surface area contributed by atoms with Gasteiger partial charge in [-0.1, -0.05) is 17.7 Å². The predicted molar refractivity (Wildman–Crippen MR) is 119 cm³/mol. The van der Waals surface area contributed by atoms with Crippen LogP contribution in [0.2, 0.25) is 5.02 Å². The Bertz CT molecular complexity index is 1040. The Morgan fingerprint density at radius 3 is 2.50 bits per heavy atom. The van der Waals surface area contributed by atoms with Crippen LogP contribution in [0.5, 0.6) is 0 Å². The second kappa shape index (κ2) is 9.32. The Labute approximate surface area is 191 Å². The summed E-state index contributed by atoms with van der Waals surface area (Å²) in [7, 11) is 0. The normalized spacial score (nSPS) is 14.9. The Balaban J connectivity index is 1.60. The zero-order chi connectivity index (χ0) is 23.6. The van der Waals surface area contributed by atoms with Gasteiger partial charge in [0.05, 0.1) is 10.6 Å². The molecule has 2 heterocycles. The molecule has 0 atom stereocenters. The third-order valence-electron chi connectivity index (χ3n) is 5.18. The molecule has 32 heavy (non-hydrogen) atoms. The van der Waals surface area contributed by atoms with Crippen molar-refractivity contribution in [2.75, 3.05) is 13.1 Å². The van der Waals surface area contributed by atoms with Gasteiger partial charge in [0.15, 0.2) is 5.78 Å². The minimum atomic E-state index is -0.675. The molecule has 2 amide bonds. The standard InChI is InChI=1S/C23H27ClFN3O4/c1-13-5-6-16(24)18(19(13)25)20(29)14-11-17(26-12-14)21(30)27-15-7-9-28(10-8-15)22(31)32-23(2,3)4/h5-6,11-12,15,26H,7-10H2,1-4H3,(H,27,30). The minimum Gasteiger partial charge on any atom is -0.444 e. The maximum Gasteiger partial charge on any atom is 0.410 e. The van der Waals surface area contributed by atoms with E-state index in [2.05, 4.69) is 10.3 Å². The molecule has 0 saturated carbocycles. The average molecular weight is 464 g/mol. The number of aromatic amines is 1. The molecule has 3 rings (SSSR count). The van der Waals surface area contributed by atoms with Crippen molar-refractivity contribution in [2.45, 2.75) is 52.2 Å². The van der Waals surface area contributed by atoms with Crippen molar-refractivity contribution >= 4 is 29.4 Å². The van der Waals surface area contributed by atoms with Crippen LogP contribution in [0, 0.1) is 12.7 Å². The summed E-state index contributed by atoms with van der Waals surface area (Å²) < 4.78 is 19.8. The van der Waals surface area contributed by atoms with Crippen LogP contribution in [-0.4, -0.2) is 52.4 Å². The predicted octanol–water partition coefficient (Wildman–Crippen LogP) is 4.48. The van der Waals surface area contributed by atoms with Gasteiger partial charge in [-0.2, -0.15) is 0 Å². The Hall–Kier alpha value is -2.87. The van der Waals surface area contributed by atoms with Crippen molar-refractivity contribution in [1.82, 2.24) is 15.2 Å². The average Bonchev–Trinajstić information content (AvgIpc) is 3.21. The maximum atomic E-state index is 14.4. The molecule has 0 unspecified atom stereocenters. The summed E-state index contributed by atoms with van der Waals surface area (Å²) in [5, 5.41) is 2.92. The van der Waals surface area contributed by atoms with Crippen molar-refractivity contribution in [3.05, 3.63) is 57.6 Å². The van der Waals surface area contributed by atoms with E-state index in [1.807, 2.05) is 20.8 Å². The highest BCUT2D eigenvalue weighted by Crippen LogP contribution is 2.25. The summed E-state index contributed by atoms with van der Waals surface area (Å²) in [5.74, 6) is -1.65. The summed E-state index contributed by atoms with van der Waals surface area (Å²) in [4.78, 5) is 41.9. The van der Waals surface area contributed by atoms with E-state index in [9.17, 15) is 18.8 Å². The van der Waals surface area contributed by atoms with Gasteiger partial charge in [0.2, 0.25) is 0 Å².